The minimum absolute atomic E-state index is 0.446. The highest BCUT2D eigenvalue weighted by Gasteiger charge is 2.21. The number of para-hydroxylation sites is 1. The van der Waals surface area contributed by atoms with Crippen molar-refractivity contribution in [3.8, 4) is 45.7 Å². The molecule has 0 amide bonds. The molecule has 0 unspecified atom stereocenters. The molecule has 0 N–H and O–H groups in total. The first-order valence-corrected chi connectivity index (χ1v) is 13.2. The van der Waals surface area contributed by atoms with Gasteiger partial charge in [0.1, 0.15) is 0 Å². The molecule has 7 rings (SSSR count). The summed E-state index contributed by atoms with van der Waals surface area (Å²) in [5.74, 6) is 0.549. The molecule has 5 heteroatoms. The Morgan fingerprint density at radius 3 is 1.93 bits per heavy atom. The lowest BCUT2D eigenvalue weighted by Crippen LogP contribution is -2.04. The molecule has 5 nitrogen and oxygen atoms in total. The van der Waals surface area contributed by atoms with Crippen LogP contribution in [-0.4, -0.2) is 14.5 Å². The number of fused-ring (bicyclic) bond motifs is 3. The van der Waals surface area contributed by atoms with E-state index in [2.05, 4.69) is 51.9 Å². The fourth-order valence-corrected chi connectivity index (χ4v) is 5.50. The van der Waals surface area contributed by atoms with Gasteiger partial charge in [0.15, 0.2) is 5.69 Å². The zero-order chi connectivity index (χ0) is 27.8. The van der Waals surface area contributed by atoms with Crippen LogP contribution in [-0.2, 0) is 0 Å². The number of rotatable bonds is 4. The zero-order valence-electron chi connectivity index (χ0n) is 21.9. The number of nitriles is 1. The van der Waals surface area contributed by atoms with E-state index in [-0.39, 0.29) is 0 Å². The summed E-state index contributed by atoms with van der Waals surface area (Å²) < 4.78 is 2.08. The number of aromatic nitrogens is 3. The van der Waals surface area contributed by atoms with Crippen molar-refractivity contribution in [2.45, 2.75) is 0 Å². The van der Waals surface area contributed by atoms with Crippen LogP contribution in [0.15, 0.2) is 127 Å². The van der Waals surface area contributed by atoms with Crippen molar-refractivity contribution in [1.29, 1.82) is 5.26 Å². The Morgan fingerprint density at radius 2 is 1.27 bits per heavy atom. The summed E-state index contributed by atoms with van der Waals surface area (Å²) in [6.07, 6.45) is 0. The summed E-state index contributed by atoms with van der Waals surface area (Å²) in [6, 6.07) is 44.0. The van der Waals surface area contributed by atoms with Crippen LogP contribution in [0, 0.1) is 17.9 Å². The van der Waals surface area contributed by atoms with Crippen molar-refractivity contribution in [3.63, 3.8) is 0 Å². The molecule has 0 aliphatic rings. The van der Waals surface area contributed by atoms with Gasteiger partial charge in [0, 0.05) is 33.0 Å². The van der Waals surface area contributed by atoms with Crippen LogP contribution in [0.5, 0.6) is 0 Å². The van der Waals surface area contributed by atoms with Gasteiger partial charge in [0.25, 0.3) is 0 Å². The summed E-state index contributed by atoms with van der Waals surface area (Å²) in [5, 5.41) is 11.9. The summed E-state index contributed by atoms with van der Waals surface area (Å²) in [7, 11) is 0. The minimum atomic E-state index is 0.446. The second-order valence-electron chi connectivity index (χ2n) is 9.65. The van der Waals surface area contributed by atoms with Crippen LogP contribution in [0.4, 0.5) is 5.69 Å². The Kier molecular flexibility index (Phi) is 5.82. The second-order valence-corrected chi connectivity index (χ2v) is 9.65. The highest BCUT2D eigenvalue weighted by Crippen LogP contribution is 2.42. The molecule has 0 spiro atoms. The average Bonchev–Trinajstić information content (AvgIpc) is 3.39. The minimum Gasteiger partial charge on any atom is -0.278 e. The molecule has 0 fully saturated rings. The molecular weight excluding hydrogens is 502 g/mol. The highest BCUT2D eigenvalue weighted by atomic mass is 15.2. The average molecular weight is 524 g/mol. The molecule has 41 heavy (non-hydrogen) atoms. The first kappa shape index (κ1) is 24.0. The summed E-state index contributed by atoms with van der Waals surface area (Å²) >= 11 is 0. The maximum atomic E-state index is 9.97. The molecule has 2 heterocycles. The fraction of sp³-hybridized carbons (Fsp3) is 0. The van der Waals surface area contributed by atoms with Gasteiger partial charge in [-0.3, -0.25) is 4.57 Å². The van der Waals surface area contributed by atoms with E-state index in [4.69, 9.17) is 16.5 Å². The first-order chi connectivity index (χ1) is 20.3. The summed E-state index contributed by atoms with van der Waals surface area (Å²) in [5.41, 5.74) is 7.88. The smallest absolute Gasteiger partial charge is 0.235 e. The molecule has 0 saturated heterocycles. The normalized spacial score (nSPS) is 10.9. The predicted molar refractivity (Wildman–Crippen MR) is 164 cm³/mol. The lowest BCUT2D eigenvalue weighted by molar-refractivity contribution is 0.995. The van der Waals surface area contributed by atoms with Gasteiger partial charge in [-0.05, 0) is 29.8 Å². The van der Waals surface area contributed by atoms with E-state index in [0.29, 0.717) is 22.8 Å². The Labute approximate surface area is 237 Å². The molecular formula is C36H21N5. The largest absolute Gasteiger partial charge is 0.278 e. The van der Waals surface area contributed by atoms with Crippen LogP contribution in [0.25, 0.3) is 66.2 Å². The first-order valence-electron chi connectivity index (χ1n) is 13.2. The van der Waals surface area contributed by atoms with E-state index in [9.17, 15) is 5.26 Å². The maximum Gasteiger partial charge on any atom is 0.235 e. The van der Waals surface area contributed by atoms with Gasteiger partial charge in [0.2, 0.25) is 5.95 Å². The molecule has 0 saturated carbocycles. The van der Waals surface area contributed by atoms with Gasteiger partial charge in [0.05, 0.1) is 35.1 Å². The molecule has 5 aromatic carbocycles. The Hall–Kier alpha value is -6.04. The van der Waals surface area contributed by atoms with Crippen LogP contribution < -0.4 is 0 Å². The SMILES string of the molecule is [C-]#[N+]c1cccc(C#N)c1-c1cccc2c1c1ccccc1n2-c1nc(-c2ccccc2)cc(-c2ccccc2)n1. The molecule has 7 aromatic rings. The number of hydrogen-bond acceptors (Lipinski definition) is 3. The van der Waals surface area contributed by atoms with Crippen molar-refractivity contribution in [3.05, 3.63) is 144 Å². The lowest BCUT2D eigenvalue weighted by atomic mass is 9.94. The van der Waals surface area contributed by atoms with Crippen LogP contribution in [0.3, 0.4) is 0 Å². The van der Waals surface area contributed by atoms with E-state index in [1.54, 1.807) is 18.2 Å². The van der Waals surface area contributed by atoms with Gasteiger partial charge in [-0.2, -0.15) is 5.26 Å². The van der Waals surface area contributed by atoms with Gasteiger partial charge >= 0.3 is 0 Å². The van der Waals surface area contributed by atoms with Crippen molar-refractivity contribution in [1.82, 2.24) is 14.5 Å². The topological polar surface area (TPSA) is 58.9 Å². The number of nitrogens with zero attached hydrogens (tertiary/aromatic N) is 5. The van der Waals surface area contributed by atoms with Gasteiger partial charge in [-0.1, -0.05) is 103 Å². The third-order valence-corrected chi connectivity index (χ3v) is 7.30. The molecule has 0 radical (unpaired) electrons. The van der Waals surface area contributed by atoms with Crippen molar-refractivity contribution in [2.24, 2.45) is 0 Å². The lowest BCUT2D eigenvalue weighted by Gasteiger charge is -2.12. The third-order valence-electron chi connectivity index (χ3n) is 7.30. The van der Waals surface area contributed by atoms with Crippen LogP contribution >= 0.6 is 0 Å². The quantitative estimate of drug-likeness (QED) is 0.216. The van der Waals surface area contributed by atoms with Gasteiger partial charge in [-0.25, -0.2) is 14.8 Å². The van der Waals surface area contributed by atoms with E-state index in [1.165, 1.54) is 0 Å². The van der Waals surface area contributed by atoms with Gasteiger partial charge < -0.3 is 0 Å². The maximum absolute atomic E-state index is 9.97. The van der Waals surface area contributed by atoms with Gasteiger partial charge in [-0.15, -0.1) is 0 Å². The predicted octanol–water partition coefficient (Wildman–Crippen LogP) is 9.00. The van der Waals surface area contributed by atoms with Crippen molar-refractivity contribution >= 4 is 27.5 Å². The van der Waals surface area contributed by atoms with E-state index < -0.39 is 0 Å². The summed E-state index contributed by atoms with van der Waals surface area (Å²) in [6.45, 7) is 7.82. The third kappa shape index (κ3) is 4.01. The standard InChI is InChI=1S/C36H21N5/c1-38-29-19-10-16-26(23-37)34(29)28-18-11-21-33-35(28)27-17-8-9-20-32(27)41(33)36-39-30(24-12-4-2-5-13-24)22-31(40-36)25-14-6-3-7-15-25/h2-22H. The van der Waals surface area contributed by atoms with Crippen LogP contribution in [0.2, 0.25) is 0 Å². The van der Waals surface area contributed by atoms with E-state index >= 15 is 0 Å². The number of benzene rings is 5. The highest BCUT2D eigenvalue weighted by molar-refractivity contribution is 6.17. The van der Waals surface area contributed by atoms with E-state index in [1.807, 2.05) is 72.8 Å². The Balaban J connectivity index is 1.59. The van der Waals surface area contributed by atoms with Crippen molar-refractivity contribution < 1.29 is 0 Å². The Bertz CT molecular complexity index is 2070. The molecule has 0 bridgehead atoms. The monoisotopic (exact) mass is 523 g/mol. The van der Waals surface area contributed by atoms with E-state index in [0.717, 1.165) is 49.9 Å². The van der Waals surface area contributed by atoms with Crippen LogP contribution in [0.1, 0.15) is 5.56 Å². The molecule has 0 aliphatic carbocycles. The molecule has 0 atom stereocenters. The number of hydrogen-bond donors (Lipinski definition) is 0. The Morgan fingerprint density at radius 1 is 0.659 bits per heavy atom. The van der Waals surface area contributed by atoms with Crippen molar-refractivity contribution in [2.75, 3.05) is 0 Å². The molecule has 0 aliphatic heterocycles. The fourth-order valence-electron chi connectivity index (χ4n) is 5.50. The molecule has 190 valence electrons. The zero-order valence-corrected chi connectivity index (χ0v) is 21.9. The summed E-state index contributed by atoms with van der Waals surface area (Å²) in [4.78, 5) is 14.0. The molecule has 2 aromatic heterocycles. The second kappa shape index (κ2) is 9.93.